The Balaban J connectivity index is 2.49. The standard InChI is InChI=1S/C15H18BrN3O3/c1-8-12(14(20)22-4)13(18-15(21)17-8)9-5-6-11(19(2)3)10(16)7-9/h5-7,13H,1-4H3,(H2,17,18,21). The van der Waals surface area contributed by atoms with Gasteiger partial charge in [0.05, 0.1) is 24.4 Å². The van der Waals surface area contributed by atoms with E-state index >= 15 is 0 Å². The van der Waals surface area contributed by atoms with Crippen molar-refractivity contribution < 1.29 is 14.3 Å². The lowest BCUT2D eigenvalue weighted by atomic mass is 9.95. The molecule has 0 aromatic heterocycles. The number of nitrogens with one attached hydrogen (secondary N) is 2. The predicted octanol–water partition coefficient (Wildman–Crippen LogP) is 2.32. The molecule has 118 valence electrons. The number of carbonyl (C=O) groups is 2. The van der Waals surface area contributed by atoms with Crippen LogP contribution in [0.2, 0.25) is 0 Å². The van der Waals surface area contributed by atoms with Gasteiger partial charge in [0.25, 0.3) is 0 Å². The van der Waals surface area contributed by atoms with Gasteiger partial charge in [-0.1, -0.05) is 6.07 Å². The number of anilines is 1. The van der Waals surface area contributed by atoms with Gasteiger partial charge < -0.3 is 20.3 Å². The third kappa shape index (κ3) is 3.09. The third-order valence-electron chi connectivity index (χ3n) is 3.46. The fourth-order valence-corrected chi connectivity index (χ4v) is 3.14. The van der Waals surface area contributed by atoms with Gasteiger partial charge in [-0.2, -0.15) is 0 Å². The first kappa shape index (κ1) is 16.4. The Morgan fingerprint density at radius 1 is 1.36 bits per heavy atom. The van der Waals surface area contributed by atoms with Crippen LogP contribution in [0.1, 0.15) is 18.5 Å². The summed E-state index contributed by atoms with van der Waals surface area (Å²) in [7, 11) is 5.20. The van der Waals surface area contributed by atoms with Gasteiger partial charge in [0.15, 0.2) is 0 Å². The van der Waals surface area contributed by atoms with Gasteiger partial charge in [-0.3, -0.25) is 0 Å². The van der Waals surface area contributed by atoms with E-state index < -0.39 is 12.0 Å². The Kier molecular flexibility index (Phi) is 4.75. The van der Waals surface area contributed by atoms with Gasteiger partial charge in [-0.15, -0.1) is 0 Å². The largest absolute Gasteiger partial charge is 0.466 e. The van der Waals surface area contributed by atoms with Gasteiger partial charge in [0, 0.05) is 24.3 Å². The van der Waals surface area contributed by atoms with Crippen LogP contribution < -0.4 is 15.5 Å². The van der Waals surface area contributed by atoms with Crippen LogP contribution in [0.15, 0.2) is 33.9 Å². The molecule has 2 amide bonds. The molecule has 2 rings (SSSR count). The molecule has 0 radical (unpaired) electrons. The molecular weight excluding hydrogens is 350 g/mol. The molecule has 1 aliphatic rings. The van der Waals surface area contributed by atoms with Crippen LogP contribution in [0.4, 0.5) is 10.5 Å². The minimum absolute atomic E-state index is 0.344. The van der Waals surface area contributed by atoms with E-state index in [9.17, 15) is 9.59 Å². The summed E-state index contributed by atoms with van der Waals surface area (Å²) in [6.45, 7) is 1.68. The van der Waals surface area contributed by atoms with Gasteiger partial charge >= 0.3 is 12.0 Å². The molecule has 0 bridgehead atoms. The second-order valence-electron chi connectivity index (χ2n) is 5.17. The van der Waals surface area contributed by atoms with Crippen molar-refractivity contribution in [1.82, 2.24) is 10.6 Å². The van der Waals surface area contributed by atoms with Gasteiger partial charge in [-0.25, -0.2) is 9.59 Å². The maximum absolute atomic E-state index is 12.0. The lowest BCUT2D eigenvalue weighted by Gasteiger charge is -2.28. The number of urea groups is 1. The molecule has 7 heteroatoms. The van der Waals surface area contributed by atoms with Crippen molar-refractivity contribution >= 4 is 33.6 Å². The molecule has 1 aromatic carbocycles. The van der Waals surface area contributed by atoms with Crippen LogP contribution in [0.5, 0.6) is 0 Å². The normalized spacial score (nSPS) is 17.7. The van der Waals surface area contributed by atoms with Crippen molar-refractivity contribution in [3.05, 3.63) is 39.5 Å². The average molecular weight is 368 g/mol. The molecule has 1 aromatic rings. The minimum atomic E-state index is -0.547. The third-order valence-corrected chi connectivity index (χ3v) is 4.10. The Morgan fingerprint density at radius 3 is 2.59 bits per heavy atom. The average Bonchev–Trinajstić information content (AvgIpc) is 2.45. The highest BCUT2D eigenvalue weighted by molar-refractivity contribution is 9.10. The Hall–Kier alpha value is -2.02. The predicted molar refractivity (Wildman–Crippen MR) is 87.6 cm³/mol. The van der Waals surface area contributed by atoms with E-state index in [0.29, 0.717) is 11.3 Å². The maximum Gasteiger partial charge on any atom is 0.337 e. The smallest absolute Gasteiger partial charge is 0.337 e. The summed E-state index contributed by atoms with van der Waals surface area (Å²) in [6, 6.07) is 4.81. The fraction of sp³-hybridized carbons (Fsp3) is 0.333. The molecule has 0 saturated carbocycles. The number of allylic oxidation sites excluding steroid dienone is 1. The number of nitrogens with zero attached hydrogens (tertiary/aromatic N) is 1. The molecule has 22 heavy (non-hydrogen) atoms. The molecule has 0 aliphatic carbocycles. The Bertz CT molecular complexity index is 655. The number of esters is 1. The molecular formula is C15H18BrN3O3. The van der Waals surface area contributed by atoms with E-state index in [2.05, 4.69) is 26.6 Å². The number of carbonyl (C=O) groups excluding carboxylic acids is 2. The monoisotopic (exact) mass is 367 g/mol. The van der Waals surface area contributed by atoms with Gasteiger partial charge in [0.1, 0.15) is 0 Å². The first-order valence-corrected chi connectivity index (χ1v) is 7.47. The molecule has 1 heterocycles. The van der Waals surface area contributed by atoms with Crippen molar-refractivity contribution in [1.29, 1.82) is 0 Å². The van der Waals surface area contributed by atoms with Crippen LogP contribution >= 0.6 is 15.9 Å². The number of hydrogen-bond acceptors (Lipinski definition) is 4. The summed E-state index contributed by atoms with van der Waals surface area (Å²) in [5.41, 5.74) is 2.69. The lowest BCUT2D eigenvalue weighted by Crippen LogP contribution is -2.45. The number of ether oxygens (including phenoxy) is 1. The Morgan fingerprint density at radius 2 is 2.05 bits per heavy atom. The summed E-state index contributed by atoms with van der Waals surface area (Å²) in [4.78, 5) is 25.8. The van der Waals surface area contributed by atoms with Crippen molar-refractivity contribution in [3.63, 3.8) is 0 Å². The van der Waals surface area contributed by atoms with E-state index in [-0.39, 0.29) is 6.03 Å². The van der Waals surface area contributed by atoms with Gasteiger partial charge in [0.2, 0.25) is 0 Å². The SMILES string of the molecule is COC(=O)C1=C(C)NC(=O)NC1c1ccc(N(C)C)c(Br)c1. The zero-order valence-corrected chi connectivity index (χ0v) is 14.4. The second-order valence-corrected chi connectivity index (χ2v) is 6.02. The summed E-state index contributed by atoms with van der Waals surface area (Å²) in [5, 5.41) is 5.36. The zero-order valence-electron chi connectivity index (χ0n) is 12.9. The highest BCUT2D eigenvalue weighted by Crippen LogP contribution is 2.32. The molecule has 1 unspecified atom stereocenters. The molecule has 1 aliphatic heterocycles. The summed E-state index contributed by atoms with van der Waals surface area (Å²) in [5.74, 6) is -0.470. The minimum Gasteiger partial charge on any atom is -0.466 e. The maximum atomic E-state index is 12.0. The molecule has 0 spiro atoms. The van der Waals surface area contributed by atoms with E-state index in [1.165, 1.54) is 7.11 Å². The lowest BCUT2D eigenvalue weighted by molar-refractivity contribution is -0.136. The summed E-state index contributed by atoms with van der Waals surface area (Å²) >= 11 is 3.52. The number of benzene rings is 1. The van der Waals surface area contributed by atoms with Crippen LogP contribution in [-0.4, -0.2) is 33.2 Å². The number of hydrogen-bond donors (Lipinski definition) is 2. The van der Waals surface area contributed by atoms with Crippen LogP contribution in [0.3, 0.4) is 0 Å². The number of amides is 2. The van der Waals surface area contributed by atoms with Crippen molar-refractivity contribution in [3.8, 4) is 0 Å². The Labute approximate surface area is 137 Å². The van der Waals surface area contributed by atoms with Crippen molar-refractivity contribution in [2.24, 2.45) is 0 Å². The summed E-state index contributed by atoms with van der Waals surface area (Å²) < 4.78 is 5.71. The van der Waals surface area contributed by atoms with E-state index in [1.54, 1.807) is 6.92 Å². The molecule has 6 nitrogen and oxygen atoms in total. The first-order chi connectivity index (χ1) is 10.3. The van der Waals surface area contributed by atoms with Crippen LogP contribution in [0.25, 0.3) is 0 Å². The van der Waals surface area contributed by atoms with Gasteiger partial charge in [-0.05, 0) is 40.5 Å². The highest BCUT2D eigenvalue weighted by Gasteiger charge is 2.32. The molecule has 0 saturated heterocycles. The first-order valence-electron chi connectivity index (χ1n) is 6.68. The molecule has 0 fully saturated rings. The summed E-state index contributed by atoms with van der Waals surface area (Å²) in [6.07, 6.45) is 0. The second kappa shape index (κ2) is 6.39. The van der Waals surface area contributed by atoms with E-state index in [0.717, 1.165) is 15.7 Å². The van der Waals surface area contributed by atoms with Crippen molar-refractivity contribution in [2.75, 3.05) is 26.1 Å². The topological polar surface area (TPSA) is 70.7 Å². The molecule has 1 atom stereocenters. The number of rotatable bonds is 3. The van der Waals surface area contributed by atoms with E-state index in [4.69, 9.17) is 4.74 Å². The van der Waals surface area contributed by atoms with E-state index in [1.807, 2.05) is 37.2 Å². The fourth-order valence-electron chi connectivity index (χ4n) is 2.39. The van der Waals surface area contributed by atoms with Crippen molar-refractivity contribution in [2.45, 2.75) is 13.0 Å². The quantitative estimate of drug-likeness (QED) is 0.804. The molecule has 2 N–H and O–H groups in total. The highest BCUT2D eigenvalue weighted by atomic mass is 79.9. The number of methoxy groups -OCH3 is 1. The van der Waals surface area contributed by atoms with Crippen LogP contribution in [-0.2, 0) is 9.53 Å². The zero-order chi connectivity index (χ0) is 16.4. The number of halogens is 1. The van der Waals surface area contributed by atoms with Crippen LogP contribution in [0, 0.1) is 0 Å².